The van der Waals surface area contributed by atoms with E-state index in [1.54, 1.807) is 17.2 Å². The fourth-order valence-electron chi connectivity index (χ4n) is 4.64. The topological polar surface area (TPSA) is 48.9 Å². The third kappa shape index (κ3) is 4.44. The number of hydrogen-bond donors (Lipinski definition) is 0. The summed E-state index contributed by atoms with van der Waals surface area (Å²) in [7, 11) is 0. The molecule has 0 aromatic carbocycles. The fourth-order valence-corrected chi connectivity index (χ4v) is 4.92. The minimum absolute atomic E-state index is 0.0133. The van der Waals surface area contributed by atoms with Crippen LogP contribution in [0.15, 0.2) is 12.3 Å². The van der Waals surface area contributed by atoms with Crippen LogP contribution < -0.4 is 4.90 Å². The Hall–Kier alpha value is -1.37. The molecule has 3 fully saturated rings. The zero-order valence-corrected chi connectivity index (χ0v) is 17.5. The summed E-state index contributed by atoms with van der Waals surface area (Å²) < 4.78 is 5.32. The first kappa shape index (κ1) is 19.9. The molecule has 0 unspecified atom stereocenters. The number of hydrogen-bond acceptors (Lipinski definition) is 5. The molecule has 4 rings (SSSR count). The molecule has 0 atom stereocenters. The predicted molar refractivity (Wildman–Crippen MR) is 111 cm³/mol. The highest BCUT2D eigenvalue weighted by molar-refractivity contribution is 6.33. The molecule has 6 nitrogen and oxygen atoms in total. The third-order valence-electron chi connectivity index (χ3n) is 6.48. The molecule has 0 radical (unpaired) electrons. The largest absolute Gasteiger partial charge is 0.378 e. The second-order valence-corrected chi connectivity index (χ2v) is 8.78. The Morgan fingerprint density at radius 1 is 1.07 bits per heavy atom. The summed E-state index contributed by atoms with van der Waals surface area (Å²) in [6.45, 7) is 8.81. The molecular weight excluding hydrogens is 376 g/mol. The number of amides is 1. The average Bonchev–Trinajstić information content (AvgIpc) is 2.74. The molecule has 7 heteroatoms. The van der Waals surface area contributed by atoms with E-state index in [2.05, 4.69) is 21.7 Å². The third-order valence-corrected chi connectivity index (χ3v) is 6.76. The number of ether oxygens (including phenoxy) is 1. The molecule has 3 aliphatic rings. The lowest BCUT2D eigenvalue weighted by Crippen LogP contribution is -2.51. The van der Waals surface area contributed by atoms with Gasteiger partial charge in [-0.25, -0.2) is 4.98 Å². The first-order valence-electron chi connectivity index (χ1n) is 10.6. The second-order valence-electron chi connectivity index (χ2n) is 8.37. The van der Waals surface area contributed by atoms with E-state index >= 15 is 0 Å². The monoisotopic (exact) mass is 406 g/mol. The maximum absolute atomic E-state index is 12.6. The maximum atomic E-state index is 12.6. The second kappa shape index (κ2) is 8.97. The molecule has 28 heavy (non-hydrogen) atoms. The standard InChI is InChI=1S/C21H31ClN4O2/c1-16-2-4-18(5-3-16)24-6-8-25(9-7-24)20-19(22)14-17(15-23-20)21(27)26-10-12-28-13-11-26/h14-16,18H,2-13H2,1H3. The van der Waals surface area contributed by atoms with Gasteiger partial charge in [0.05, 0.1) is 23.8 Å². The Bertz CT molecular complexity index is 679. The lowest BCUT2D eigenvalue weighted by atomic mass is 9.86. The number of carbonyl (C=O) groups is 1. The summed E-state index contributed by atoms with van der Waals surface area (Å²) in [5.74, 6) is 1.68. The van der Waals surface area contributed by atoms with Gasteiger partial charge in [-0.1, -0.05) is 18.5 Å². The van der Waals surface area contributed by atoms with Crippen LogP contribution in [0.3, 0.4) is 0 Å². The normalized spacial score (nSPS) is 27.1. The molecule has 0 N–H and O–H groups in total. The van der Waals surface area contributed by atoms with Crippen molar-refractivity contribution in [2.24, 2.45) is 5.92 Å². The molecule has 1 aliphatic carbocycles. The SMILES string of the molecule is CC1CCC(N2CCN(c3ncc(C(=O)N4CCOCC4)cc3Cl)CC2)CC1. The van der Waals surface area contributed by atoms with E-state index in [0.717, 1.165) is 44.0 Å². The van der Waals surface area contributed by atoms with Crippen molar-refractivity contribution >= 4 is 23.3 Å². The Morgan fingerprint density at radius 2 is 1.75 bits per heavy atom. The number of anilines is 1. The van der Waals surface area contributed by atoms with Gasteiger partial charge in [0.2, 0.25) is 0 Å². The van der Waals surface area contributed by atoms with Crippen molar-refractivity contribution in [2.45, 2.75) is 38.6 Å². The van der Waals surface area contributed by atoms with Gasteiger partial charge in [-0.3, -0.25) is 9.69 Å². The van der Waals surface area contributed by atoms with Crippen molar-refractivity contribution in [3.63, 3.8) is 0 Å². The highest BCUT2D eigenvalue weighted by atomic mass is 35.5. The maximum Gasteiger partial charge on any atom is 0.255 e. The van der Waals surface area contributed by atoms with E-state index in [4.69, 9.17) is 16.3 Å². The van der Waals surface area contributed by atoms with Crippen molar-refractivity contribution < 1.29 is 9.53 Å². The van der Waals surface area contributed by atoms with E-state index in [-0.39, 0.29) is 5.91 Å². The van der Waals surface area contributed by atoms with Crippen molar-refractivity contribution in [1.82, 2.24) is 14.8 Å². The van der Waals surface area contributed by atoms with Gasteiger partial charge in [-0.2, -0.15) is 0 Å². The summed E-state index contributed by atoms with van der Waals surface area (Å²) in [5, 5.41) is 0.569. The summed E-state index contributed by atoms with van der Waals surface area (Å²) >= 11 is 6.53. The molecule has 0 bridgehead atoms. The van der Waals surface area contributed by atoms with Crippen molar-refractivity contribution in [3.8, 4) is 0 Å². The predicted octanol–water partition coefficient (Wildman–Crippen LogP) is 2.91. The van der Waals surface area contributed by atoms with Gasteiger partial charge < -0.3 is 14.5 Å². The van der Waals surface area contributed by atoms with E-state index in [9.17, 15) is 4.79 Å². The molecule has 154 valence electrons. The van der Waals surface area contributed by atoms with Crippen molar-refractivity contribution in [1.29, 1.82) is 0 Å². The lowest BCUT2D eigenvalue weighted by Gasteiger charge is -2.42. The number of morpholine rings is 1. The molecule has 1 amide bonds. The Morgan fingerprint density at radius 3 is 2.39 bits per heavy atom. The number of piperazine rings is 1. The minimum atomic E-state index is -0.0133. The van der Waals surface area contributed by atoms with Gasteiger partial charge in [0.15, 0.2) is 0 Å². The minimum Gasteiger partial charge on any atom is -0.378 e. The summed E-state index contributed by atoms with van der Waals surface area (Å²) in [5.41, 5.74) is 0.561. The van der Waals surface area contributed by atoms with Crippen molar-refractivity contribution in [3.05, 3.63) is 22.8 Å². The van der Waals surface area contributed by atoms with Crippen molar-refractivity contribution in [2.75, 3.05) is 57.4 Å². The zero-order valence-electron chi connectivity index (χ0n) is 16.8. The lowest BCUT2D eigenvalue weighted by molar-refractivity contribution is 0.0302. The van der Waals surface area contributed by atoms with Crippen LogP contribution in [0.5, 0.6) is 0 Å². The van der Waals surface area contributed by atoms with E-state index in [0.29, 0.717) is 36.9 Å². The van der Waals surface area contributed by atoms with Crippen LogP contribution >= 0.6 is 11.6 Å². The van der Waals surface area contributed by atoms with Gasteiger partial charge in [-0.05, 0) is 37.7 Å². The van der Waals surface area contributed by atoms with E-state index in [1.165, 1.54) is 25.7 Å². The van der Waals surface area contributed by atoms with Crippen LogP contribution in [-0.2, 0) is 4.74 Å². The Kier molecular flexibility index (Phi) is 6.38. The molecule has 1 saturated carbocycles. The zero-order chi connectivity index (χ0) is 19.5. The molecule has 2 saturated heterocycles. The van der Waals surface area contributed by atoms with Crippen LogP contribution in [-0.4, -0.2) is 79.2 Å². The van der Waals surface area contributed by atoms with Gasteiger partial charge in [0.25, 0.3) is 5.91 Å². The van der Waals surface area contributed by atoms with Gasteiger partial charge >= 0.3 is 0 Å². The molecular formula is C21H31ClN4O2. The average molecular weight is 407 g/mol. The van der Waals surface area contributed by atoms with Crippen LogP contribution in [0.2, 0.25) is 5.02 Å². The molecule has 0 spiro atoms. The molecule has 1 aromatic heterocycles. The number of nitrogens with zero attached hydrogens (tertiary/aromatic N) is 4. The summed E-state index contributed by atoms with van der Waals surface area (Å²) in [4.78, 5) is 23.9. The van der Waals surface area contributed by atoms with Crippen LogP contribution in [0.1, 0.15) is 43.0 Å². The fraction of sp³-hybridized carbons (Fsp3) is 0.714. The van der Waals surface area contributed by atoms with Crippen LogP contribution in [0.25, 0.3) is 0 Å². The van der Waals surface area contributed by atoms with Gasteiger partial charge in [-0.15, -0.1) is 0 Å². The van der Waals surface area contributed by atoms with Gasteiger partial charge in [0.1, 0.15) is 5.82 Å². The number of pyridine rings is 1. The highest BCUT2D eigenvalue weighted by Crippen LogP contribution is 2.30. The van der Waals surface area contributed by atoms with Gasteiger partial charge in [0, 0.05) is 51.5 Å². The quantitative estimate of drug-likeness (QED) is 0.772. The van der Waals surface area contributed by atoms with E-state index in [1.807, 2.05) is 0 Å². The number of aromatic nitrogens is 1. The molecule has 1 aromatic rings. The first-order chi connectivity index (χ1) is 13.6. The highest BCUT2D eigenvalue weighted by Gasteiger charge is 2.28. The Labute approximate surface area is 172 Å². The van der Waals surface area contributed by atoms with Crippen LogP contribution in [0, 0.1) is 5.92 Å². The number of carbonyl (C=O) groups excluding carboxylic acids is 1. The number of rotatable bonds is 3. The number of halogens is 1. The summed E-state index contributed by atoms with van der Waals surface area (Å²) in [6, 6.07) is 2.52. The smallest absolute Gasteiger partial charge is 0.255 e. The molecule has 3 heterocycles. The Balaban J connectivity index is 1.35. The van der Waals surface area contributed by atoms with E-state index < -0.39 is 0 Å². The van der Waals surface area contributed by atoms with Crippen LogP contribution in [0.4, 0.5) is 5.82 Å². The first-order valence-corrected chi connectivity index (χ1v) is 11.0. The molecule has 2 aliphatic heterocycles. The summed E-state index contributed by atoms with van der Waals surface area (Å²) in [6.07, 6.45) is 7.05.